The van der Waals surface area contributed by atoms with Crippen LogP contribution in [-0.2, 0) is 13.1 Å². The molecular weight excluding hydrogens is 393 g/mol. The van der Waals surface area contributed by atoms with Crippen LogP contribution in [0, 0.1) is 5.82 Å². The molecule has 6 heteroatoms. The van der Waals surface area contributed by atoms with E-state index in [1.807, 2.05) is 47.0 Å². The lowest BCUT2D eigenvalue weighted by Crippen LogP contribution is -2.26. The fourth-order valence-corrected chi connectivity index (χ4v) is 3.47. The number of benzene rings is 2. The smallest absolute Gasteiger partial charge is 0.268 e. The summed E-state index contributed by atoms with van der Waals surface area (Å²) < 4.78 is 21.4. The fourth-order valence-electron chi connectivity index (χ4n) is 3.47. The molecule has 0 unspecified atom stereocenters. The standard InChI is InChI=1S/C25H22FN3O2/c1-2-13-31-24-11-6-10-22-21(24)15-23(25(30)28-16-20-9-3-4-12-27-20)29(22)17-18-7-5-8-19(26)14-18/h2-12,14-15H,1,13,16-17H2,(H,28,30). The number of fused-ring (bicyclic) bond motifs is 1. The van der Waals surface area contributed by atoms with Crippen molar-refractivity contribution in [2.24, 2.45) is 0 Å². The van der Waals surface area contributed by atoms with Gasteiger partial charge in [-0.05, 0) is 48.0 Å². The van der Waals surface area contributed by atoms with E-state index in [9.17, 15) is 9.18 Å². The molecule has 5 nitrogen and oxygen atoms in total. The lowest BCUT2D eigenvalue weighted by molar-refractivity contribution is 0.0942. The molecule has 0 aliphatic rings. The number of ether oxygens (including phenoxy) is 1. The van der Waals surface area contributed by atoms with Crippen LogP contribution in [-0.4, -0.2) is 22.1 Å². The first-order valence-electron chi connectivity index (χ1n) is 9.94. The van der Waals surface area contributed by atoms with Crippen molar-refractivity contribution in [1.82, 2.24) is 14.9 Å². The first kappa shape index (κ1) is 20.3. The van der Waals surface area contributed by atoms with Gasteiger partial charge in [0, 0.05) is 18.1 Å². The van der Waals surface area contributed by atoms with Gasteiger partial charge in [0.15, 0.2) is 0 Å². The Balaban J connectivity index is 1.72. The molecule has 2 aromatic carbocycles. The van der Waals surface area contributed by atoms with E-state index in [2.05, 4.69) is 16.9 Å². The van der Waals surface area contributed by atoms with Crippen LogP contribution in [0.25, 0.3) is 10.9 Å². The van der Waals surface area contributed by atoms with Gasteiger partial charge < -0.3 is 14.6 Å². The van der Waals surface area contributed by atoms with Crippen molar-refractivity contribution < 1.29 is 13.9 Å². The molecule has 31 heavy (non-hydrogen) atoms. The number of nitrogens with one attached hydrogen (secondary N) is 1. The Hall–Kier alpha value is -3.93. The topological polar surface area (TPSA) is 56.1 Å². The van der Waals surface area contributed by atoms with Crippen LogP contribution in [0.5, 0.6) is 5.75 Å². The third-order valence-corrected chi connectivity index (χ3v) is 4.88. The molecule has 0 saturated heterocycles. The van der Waals surface area contributed by atoms with Crippen LogP contribution in [0.1, 0.15) is 21.7 Å². The number of nitrogens with zero attached hydrogens (tertiary/aromatic N) is 2. The van der Waals surface area contributed by atoms with E-state index in [0.29, 0.717) is 31.1 Å². The van der Waals surface area contributed by atoms with E-state index >= 15 is 0 Å². The third-order valence-electron chi connectivity index (χ3n) is 4.88. The van der Waals surface area contributed by atoms with Crippen LogP contribution < -0.4 is 10.1 Å². The molecule has 0 saturated carbocycles. The predicted molar refractivity (Wildman–Crippen MR) is 119 cm³/mol. The lowest BCUT2D eigenvalue weighted by Gasteiger charge is -2.12. The number of rotatable bonds is 8. The summed E-state index contributed by atoms with van der Waals surface area (Å²) in [6, 6.07) is 19.4. The molecule has 0 fully saturated rings. The number of carbonyl (C=O) groups excluding carboxylic acids is 1. The van der Waals surface area contributed by atoms with Crippen molar-refractivity contribution in [1.29, 1.82) is 0 Å². The van der Waals surface area contributed by atoms with Gasteiger partial charge in [0.05, 0.1) is 17.8 Å². The molecule has 0 aliphatic heterocycles. The number of aromatic nitrogens is 2. The van der Waals surface area contributed by atoms with Crippen LogP contribution >= 0.6 is 0 Å². The van der Waals surface area contributed by atoms with Gasteiger partial charge in [0.2, 0.25) is 0 Å². The molecule has 2 heterocycles. The van der Waals surface area contributed by atoms with Gasteiger partial charge in [-0.1, -0.05) is 36.9 Å². The number of hydrogen-bond acceptors (Lipinski definition) is 3. The zero-order chi connectivity index (χ0) is 21.6. The lowest BCUT2D eigenvalue weighted by atomic mass is 10.2. The highest BCUT2D eigenvalue weighted by molar-refractivity contribution is 6.00. The minimum atomic E-state index is -0.315. The summed E-state index contributed by atoms with van der Waals surface area (Å²) in [5.41, 5.74) is 2.81. The summed E-state index contributed by atoms with van der Waals surface area (Å²) in [6.45, 7) is 4.70. The van der Waals surface area contributed by atoms with E-state index < -0.39 is 0 Å². The molecule has 2 aromatic heterocycles. The van der Waals surface area contributed by atoms with Crippen LogP contribution in [0.3, 0.4) is 0 Å². The molecule has 156 valence electrons. The van der Waals surface area contributed by atoms with Crippen LogP contribution in [0.2, 0.25) is 0 Å². The van der Waals surface area contributed by atoms with Gasteiger partial charge in [0.25, 0.3) is 5.91 Å². The van der Waals surface area contributed by atoms with Gasteiger partial charge in [-0.15, -0.1) is 0 Å². The van der Waals surface area contributed by atoms with Gasteiger partial charge in [-0.2, -0.15) is 0 Å². The second kappa shape index (κ2) is 9.26. The summed E-state index contributed by atoms with van der Waals surface area (Å²) in [5.74, 6) is 0.104. The molecule has 0 bridgehead atoms. The molecule has 4 rings (SSSR count). The van der Waals surface area contributed by atoms with Crippen molar-refractivity contribution in [3.8, 4) is 5.75 Å². The van der Waals surface area contributed by atoms with E-state index in [-0.39, 0.29) is 11.7 Å². The summed E-state index contributed by atoms with van der Waals surface area (Å²) in [7, 11) is 0. The molecule has 1 amide bonds. The SMILES string of the molecule is C=CCOc1cccc2c1cc(C(=O)NCc1ccccn1)n2Cc1cccc(F)c1. The minimum Gasteiger partial charge on any atom is -0.489 e. The molecule has 0 atom stereocenters. The zero-order valence-electron chi connectivity index (χ0n) is 16.9. The Morgan fingerprint density at radius 1 is 1.13 bits per heavy atom. The maximum Gasteiger partial charge on any atom is 0.268 e. The van der Waals surface area contributed by atoms with Crippen molar-refractivity contribution >= 4 is 16.8 Å². The Morgan fingerprint density at radius 2 is 2.00 bits per heavy atom. The number of pyridine rings is 1. The predicted octanol–water partition coefficient (Wildman–Crippen LogP) is 4.72. The first-order chi connectivity index (χ1) is 15.2. The molecule has 0 aliphatic carbocycles. The second-order valence-electron chi connectivity index (χ2n) is 7.04. The Labute approximate surface area is 179 Å². The average Bonchev–Trinajstić information content (AvgIpc) is 3.16. The number of amides is 1. The molecule has 4 aromatic rings. The number of halogens is 1. The molecule has 0 spiro atoms. The Bertz CT molecular complexity index is 1220. The van der Waals surface area contributed by atoms with Gasteiger partial charge in [-0.25, -0.2) is 4.39 Å². The third kappa shape index (κ3) is 4.64. The van der Waals surface area contributed by atoms with Crippen LogP contribution in [0.4, 0.5) is 4.39 Å². The van der Waals surface area contributed by atoms with Crippen molar-refractivity contribution in [2.75, 3.05) is 6.61 Å². The maximum absolute atomic E-state index is 13.8. The highest BCUT2D eigenvalue weighted by atomic mass is 19.1. The zero-order valence-corrected chi connectivity index (χ0v) is 16.9. The number of hydrogen-bond donors (Lipinski definition) is 1. The largest absolute Gasteiger partial charge is 0.489 e. The van der Waals surface area contributed by atoms with Crippen molar-refractivity contribution in [2.45, 2.75) is 13.1 Å². The van der Waals surface area contributed by atoms with Gasteiger partial charge >= 0.3 is 0 Å². The molecule has 0 radical (unpaired) electrons. The summed E-state index contributed by atoms with van der Waals surface area (Å²) in [5, 5.41) is 3.73. The van der Waals surface area contributed by atoms with Gasteiger partial charge in [0.1, 0.15) is 23.9 Å². The summed E-state index contributed by atoms with van der Waals surface area (Å²) >= 11 is 0. The number of carbonyl (C=O) groups is 1. The minimum absolute atomic E-state index is 0.243. The highest BCUT2D eigenvalue weighted by Crippen LogP contribution is 2.30. The summed E-state index contributed by atoms with van der Waals surface area (Å²) in [4.78, 5) is 17.3. The maximum atomic E-state index is 13.8. The van der Waals surface area contributed by atoms with E-state index in [0.717, 1.165) is 22.2 Å². The van der Waals surface area contributed by atoms with Gasteiger partial charge in [-0.3, -0.25) is 9.78 Å². The second-order valence-corrected chi connectivity index (χ2v) is 7.04. The molecule has 1 N–H and O–H groups in total. The van der Waals surface area contributed by atoms with Crippen molar-refractivity contribution in [3.63, 3.8) is 0 Å². The highest BCUT2D eigenvalue weighted by Gasteiger charge is 2.18. The molecular formula is C25H22FN3O2. The quantitative estimate of drug-likeness (QED) is 0.424. The fraction of sp³-hybridized carbons (Fsp3) is 0.120. The van der Waals surface area contributed by atoms with E-state index in [1.165, 1.54) is 12.1 Å². The van der Waals surface area contributed by atoms with Crippen molar-refractivity contribution in [3.05, 3.63) is 108 Å². The Kier molecular flexibility index (Phi) is 6.08. The first-order valence-corrected chi connectivity index (χ1v) is 9.94. The Morgan fingerprint density at radius 3 is 2.77 bits per heavy atom. The summed E-state index contributed by atoms with van der Waals surface area (Å²) in [6.07, 6.45) is 3.36. The normalized spacial score (nSPS) is 10.7. The monoisotopic (exact) mass is 415 g/mol. The van der Waals surface area contributed by atoms with Crippen LogP contribution in [0.15, 0.2) is 85.6 Å². The van der Waals surface area contributed by atoms with E-state index in [1.54, 1.807) is 24.4 Å². The van der Waals surface area contributed by atoms with E-state index in [4.69, 9.17) is 4.74 Å². The average molecular weight is 415 g/mol.